The lowest BCUT2D eigenvalue weighted by Gasteiger charge is -2.26. The average molecular weight is 682 g/mol. The third kappa shape index (κ3) is 5.58. The smallest absolute Gasteiger partial charge is 0.0476 e. The van der Waals surface area contributed by atoms with Crippen molar-refractivity contribution in [3.63, 3.8) is 0 Å². The lowest BCUT2D eigenvalue weighted by Crippen LogP contribution is -2.09. The fraction of sp³-hybridized carbons (Fsp3) is 0.0400. The van der Waals surface area contributed by atoms with Crippen LogP contribution in [0.15, 0.2) is 182 Å². The van der Waals surface area contributed by atoms with E-state index in [1.165, 1.54) is 81.1 Å². The Labute approximate surface area is 308 Å². The summed E-state index contributed by atoms with van der Waals surface area (Å²) < 4.78 is 1.34. The van der Waals surface area contributed by atoms with Gasteiger partial charge < -0.3 is 4.90 Å². The number of anilines is 3. The molecule has 10 rings (SSSR count). The summed E-state index contributed by atoms with van der Waals surface area (Å²) in [5.41, 5.74) is 12.3. The maximum Gasteiger partial charge on any atom is 0.0476 e. The maximum absolute atomic E-state index is 2.41. The highest BCUT2D eigenvalue weighted by Crippen LogP contribution is 2.42. The molecular weight excluding hydrogens is 647 g/mol. The summed E-state index contributed by atoms with van der Waals surface area (Å²) in [7, 11) is 0. The molecule has 0 amide bonds. The minimum absolute atomic E-state index is 1.13. The number of fused-ring (bicyclic) bond motifs is 5. The Balaban J connectivity index is 1.02. The Hall–Kier alpha value is -6.22. The predicted octanol–water partition coefficient (Wildman–Crippen LogP) is 14.6. The van der Waals surface area contributed by atoms with Crippen LogP contribution in [0.5, 0.6) is 0 Å². The molecule has 2 heteroatoms. The Morgan fingerprint density at radius 1 is 0.404 bits per heavy atom. The highest BCUT2D eigenvalue weighted by Gasteiger charge is 2.18. The first-order valence-corrected chi connectivity index (χ1v) is 18.9. The van der Waals surface area contributed by atoms with Gasteiger partial charge in [0, 0.05) is 32.0 Å². The molecule has 1 aromatic heterocycles. The van der Waals surface area contributed by atoms with E-state index in [-0.39, 0.29) is 0 Å². The average Bonchev–Trinajstić information content (AvgIpc) is 3.59. The highest BCUT2D eigenvalue weighted by atomic mass is 32.1. The molecule has 0 atom stereocenters. The van der Waals surface area contributed by atoms with Gasteiger partial charge in [0.25, 0.3) is 0 Å². The Bertz CT molecular complexity index is 2770. The topological polar surface area (TPSA) is 3.24 Å². The van der Waals surface area contributed by atoms with E-state index in [0.29, 0.717) is 0 Å². The van der Waals surface area contributed by atoms with Crippen LogP contribution in [0.3, 0.4) is 0 Å². The van der Waals surface area contributed by atoms with Gasteiger partial charge >= 0.3 is 0 Å². The van der Waals surface area contributed by atoms with E-state index in [1.54, 1.807) is 0 Å². The zero-order valence-corrected chi connectivity index (χ0v) is 29.5. The number of aryl methyl sites for hydroxylation is 1. The molecule has 0 radical (unpaired) electrons. The van der Waals surface area contributed by atoms with Crippen LogP contribution in [0.1, 0.15) is 16.9 Å². The Kier molecular flexibility index (Phi) is 7.55. The number of thiophene rings is 1. The summed E-state index contributed by atoms with van der Waals surface area (Å²) in [5, 5.41) is 6.31. The molecule has 1 aliphatic carbocycles. The number of hydrogen-bond donors (Lipinski definition) is 0. The van der Waals surface area contributed by atoms with Gasteiger partial charge in [-0.25, -0.2) is 0 Å². The first kappa shape index (κ1) is 30.6. The normalized spacial score (nSPS) is 12.4. The van der Waals surface area contributed by atoms with Crippen molar-refractivity contribution in [3.05, 3.63) is 192 Å². The van der Waals surface area contributed by atoms with E-state index in [0.717, 1.165) is 24.2 Å². The van der Waals surface area contributed by atoms with Gasteiger partial charge in [0.15, 0.2) is 0 Å². The van der Waals surface area contributed by atoms with E-state index in [9.17, 15) is 0 Å². The van der Waals surface area contributed by atoms with Crippen LogP contribution in [0, 0.1) is 0 Å². The Morgan fingerprint density at radius 2 is 0.885 bits per heavy atom. The number of benzene rings is 8. The predicted molar refractivity (Wildman–Crippen MR) is 225 cm³/mol. The zero-order chi connectivity index (χ0) is 34.4. The molecule has 1 aliphatic rings. The summed E-state index contributed by atoms with van der Waals surface area (Å²) in [6, 6.07) is 64.5. The quantitative estimate of drug-likeness (QED) is 0.169. The summed E-state index contributed by atoms with van der Waals surface area (Å²) in [6.45, 7) is 0. The Morgan fingerprint density at radius 3 is 1.54 bits per heavy atom. The van der Waals surface area contributed by atoms with Gasteiger partial charge in [0.2, 0.25) is 0 Å². The molecule has 0 fully saturated rings. The largest absolute Gasteiger partial charge is 0.310 e. The molecule has 246 valence electrons. The monoisotopic (exact) mass is 681 g/mol. The van der Waals surface area contributed by atoms with E-state index in [4.69, 9.17) is 0 Å². The van der Waals surface area contributed by atoms with Gasteiger partial charge in [0.1, 0.15) is 0 Å². The van der Waals surface area contributed by atoms with E-state index in [1.807, 2.05) is 11.3 Å². The molecule has 0 saturated heterocycles. The lowest BCUT2D eigenvalue weighted by atomic mass is 9.96. The fourth-order valence-electron chi connectivity index (χ4n) is 7.75. The van der Waals surface area contributed by atoms with E-state index in [2.05, 4.69) is 193 Å². The molecular formula is C50H35NS. The third-order valence-corrected chi connectivity index (χ3v) is 11.7. The third-order valence-electron chi connectivity index (χ3n) is 10.5. The number of hydrogen-bond acceptors (Lipinski definition) is 2. The second-order valence-electron chi connectivity index (χ2n) is 13.7. The summed E-state index contributed by atoms with van der Waals surface area (Å²) in [5.74, 6) is 0. The van der Waals surface area contributed by atoms with Crippen molar-refractivity contribution in [1.82, 2.24) is 0 Å². The van der Waals surface area contributed by atoms with E-state index >= 15 is 0 Å². The van der Waals surface area contributed by atoms with Crippen LogP contribution < -0.4 is 4.90 Å². The first-order chi connectivity index (χ1) is 25.7. The van der Waals surface area contributed by atoms with Crippen LogP contribution >= 0.6 is 11.3 Å². The minimum atomic E-state index is 1.13. The molecule has 0 aliphatic heterocycles. The van der Waals surface area contributed by atoms with Crippen molar-refractivity contribution >= 4 is 66.1 Å². The maximum atomic E-state index is 2.41. The summed E-state index contributed by atoms with van der Waals surface area (Å²) >= 11 is 1.95. The van der Waals surface area contributed by atoms with Gasteiger partial charge in [-0.15, -0.1) is 11.3 Å². The molecule has 8 aromatic carbocycles. The van der Waals surface area contributed by atoms with Gasteiger partial charge in [0.05, 0.1) is 0 Å². The molecule has 0 N–H and O–H groups in total. The van der Waals surface area contributed by atoms with Crippen LogP contribution in [0.25, 0.3) is 71.1 Å². The summed E-state index contributed by atoms with van der Waals surface area (Å²) in [4.78, 5) is 3.90. The van der Waals surface area contributed by atoms with Crippen molar-refractivity contribution in [2.45, 2.75) is 12.8 Å². The molecule has 1 nitrogen and oxygen atoms in total. The highest BCUT2D eigenvalue weighted by molar-refractivity contribution is 7.19. The van der Waals surface area contributed by atoms with Crippen molar-refractivity contribution in [2.24, 2.45) is 0 Å². The zero-order valence-electron chi connectivity index (χ0n) is 28.7. The fourth-order valence-corrected chi connectivity index (χ4v) is 8.99. The molecule has 0 bridgehead atoms. The van der Waals surface area contributed by atoms with Crippen molar-refractivity contribution in [1.29, 1.82) is 0 Å². The number of rotatable bonds is 6. The van der Waals surface area contributed by atoms with Crippen LogP contribution in [-0.4, -0.2) is 0 Å². The standard InChI is InChI=1S/C50H35NS/c1-3-9-34(10-4-1)36-21-24-44(25-22-36)51(46-27-28-48-47-13-7-8-14-49(47)52-50(48)33-46)45-26-23-42-31-41(19-20-43(42)32-45)40-18-17-38-29-37(15-16-39(38)30-40)35-11-5-2-6-12-35/h1-7,9-13,15-33H,8,14H2. The first-order valence-electron chi connectivity index (χ1n) is 18.0. The van der Waals surface area contributed by atoms with Crippen molar-refractivity contribution in [2.75, 3.05) is 4.90 Å². The lowest BCUT2D eigenvalue weighted by molar-refractivity contribution is 1.02. The van der Waals surface area contributed by atoms with Gasteiger partial charge in [-0.2, -0.15) is 0 Å². The number of nitrogens with zero attached hydrogens (tertiary/aromatic N) is 1. The number of allylic oxidation sites excluding steroid dienone is 1. The minimum Gasteiger partial charge on any atom is -0.310 e. The van der Waals surface area contributed by atoms with Gasteiger partial charge in [-0.1, -0.05) is 133 Å². The SMILES string of the molecule is C1=Cc2c(sc3cc(N(c4ccc(-c5ccccc5)cc4)c4ccc5cc(-c6ccc7cc(-c8ccccc8)ccc7c6)ccc5c4)ccc23)CC1. The van der Waals surface area contributed by atoms with Gasteiger partial charge in [-0.3, -0.25) is 0 Å². The van der Waals surface area contributed by atoms with Crippen LogP contribution in [-0.2, 0) is 6.42 Å². The van der Waals surface area contributed by atoms with Crippen molar-refractivity contribution < 1.29 is 0 Å². The van der Waals surface area contributed by atoms with Gasteiger partial charge in [-0.05, 0) is 128 Å². The van der Waals surface area contributed by atoms with Crippen molar-refractivity contribution in [3.8, 4) is 33.4 Å². The second kappa shape index (κ2) is 12.8. The molecule has 1 heterocycles. The van der Waals surface area contributed by atoms with Crippen LogP contribution in [0.4, 0.5) is 17.1 Å². The molecule has 0 spiro atoms. The summed E-state index contributed by atoms with van der Waals surface area (Å²) in [6.07, 6.45) is 6.88. The molecule has 0 unspecified atom stereocenters. The molecule has 9 aromatic rings. The van der Waals surface area contributed by atoms with E-state index < -0.39 is 0 Å². The molecule has 0 saturated carbocycles. The second-order valence-corrected chi connectivity index (χ2v) is 14.8. The van der Waals surface area contributed by atoms with Crippen LogP contribution in [0.2, 0.25) is 0 Å². The molecule has 52 heavy (non-hydrogen) atoms.